The summed E-state index contributed by atoms with van der Waals surface area (Å²) in [5, 5.41) is 6.69. The number of benzene rings is 1. The Bertz CT molecular complexity index is 584. The van der Waals surface area contributed by atoms with Crippen molar-refractivity contribution in [3.63, 3.8) is 0 Å². The Morgan fingerprint density at radius 3 is 2.88 bits per heavy atom. The first-order valence-corrected chi connectivity index (χ1v) is 9.19. The van der Waals surface area contributed by atoms with Crippen LogP contribution in [0.1, 0.15) is 32.3 Å². The summed E-state index contributed by atoms with van der Waals surface area (Å²) in [5.74, 6) is 1.77. The van der Waals surface area contributed by atoms with Crippen molar-refractivity contribution in [2.75, 3.05) is 32.8 Å². The van der Waals surface area contributed by atoms with Gasteiger partial charge in [0.2, 0.25) is 0 Å². The molecule has 1 aliphatic heterocycles. The summed E-state index contributed by atoms with van der Waals surface area (Å²) in [7, 11) is 0. The van der Waals surface area contributed by atoms with Gasteiger partial charge in [0.05, 0.1) is 19.8 Å². The number of para-hydroxylation sites is 1. The third kappa shape index (κ3) is 7.18. The smallest absolute Gasteiger partial charge is 0.191 e. The summed E-state index contributed by atoms with van der Waals surface area (Å²) in [6.07, 6.45) is 4.28. The van der Waals surface area contributed by atoms with Gasteiger partial charge in [-0.2, -0.15) is 0 Å². The van der Waals surface area contributed by atoms with Crippen molar-refractivity contribution in [3.05, 3.63) is 41.5 Å². The molecule has 1 aromatic carbocycles. The second-order valence-corrected chi connectivity index (χ2v) is 6.28. The highest BCUT2D eigenvalue weighted by Crippen LogP contribution is 2.17. The lowest BCUT2D eigenvalue weighted by Crippen LogP contribution is -2.38. The largest absolute Gasteiger partial charge is 0.489 e. The van der Waals surface area contributed by atoms with Crippen molar-refractivity contribution < 1.29 is 9.47 Å². The fourth-order valence-electron chi connectivity index (χ4n) is 2.64. The van der Waals surface area contributed by atoms with Crippen LogP contribution >= 0.6 is 0 Å². The zero-order valence-corrected chi connectivity index (χ0v) is 15.7. The topological polar surface area (TPSA) is 54.9 Å². The second kappa shape index (κ2) is 10.8. The van der Waals surface area contributed by atoms with Crippen LogP contribution < -0.4 is 15.4 Å². The molecule has 1 unspecified atom stereocenters. The Kier molecular flexibility index (Phi) is 8.32. The Morgan fingerprint density at radius 1 is 1.32 bits per heavy atom. The molecule has 0 fully saturated rings. The highest BCUT2D eigenvalue weighted by molar-refractivity contribution is 5.79. The fraction of sp³-hybridized carbons (Fsp3) is 0.550. The van der Waals surface area contributed by atoms with E-state index in [0.29, 0.717) is 6.54 Å². The van der Waals surface area contributed by atoms with Crippen LogP contribution in [-0.2, 0) is 4.74 Å². The molecule has 1 atom stereocenters. The molecule has 25 heavy (non-hydrogen) atoms. The summed E-state index contributed by atoms with van der Waals surface area (Å²) in [6, 6.07) is 8.07. The zero-order chi connectivity index (χ0) is 17.9. The van der Waals surface area contributed by atoms with E-state index in [0.717, 1.165) is 56.4 Å². The monoisotopic (exact) mass is 345 g/mol. The van der Waals surface area contributed by atoms with Crippen LogP contribution in [-0.4, -0.2) is 44.9 Å². The van der Waals surface area contributed by atoms with Crippen molar-refractivity contribution >= 4 is 5.96 Å². The van der Waals surface area contributed by atoms with Gasteiger partial charge in [-0.3, -0.25) is 0 Å². The van der Waals surface area contributed by atoms with E-state index >= 15 is 0 Å². The van der Waals surface area contributed by atoms with Crippen LogP contribution in [0.25, 0.3) is 0 Å². The van der Waals surface area contributed by atoms with Crippen LogP contribution in [0.3, 0.4) is 0 Å². The highest BCUT2D eigenvalue weighted by Gasteiger charge is 2.07. The Labute approximate surface area is 151 Å². The summed E-state index contributed by atoms with van der Waals surface area (Å²) in [4.78, 5) is 4.65. The lowest BCUT2D eigenvalue weighted by atomic mass is 10.1. The van der Waals surface area contributed by atoms with Gasteiger partial charge in [0.1, 0.15) is 11.9 Å². The van der Waals surface area contributed by atoms with Crippen molar-refractivity contribution in [3.8, 4) is 5.75 Å². The van der Waals surface area contributed by atoms with Crippen LogP contribution in [0.2, 0.25) is 0 Å². The first-order valence-electron chi connectivity index (χ1n) is 9.19. The van der Waals surface area contributed by atoms with Gasteiger partial charge >= 0.3 is 0 Å². The van der Waals surface area contributed by atoms with E-state index in [1.54, 1.807) is 0 Å². The Morgan fingerprint density at radius 2 is 2.16 bits per heavy atom. The average molecular weight is 345 g/mol. The van der Waals surface area contributed by atoms with Crippen molar-refractivity contribution in [2.45, 2.75) is 39.7 Å². The highest BCUT2D eigenvalue weighted by atomic mass is 16.5. The number of aliphatic imine (C=N–C) groups is 1. The number of ether oxygens (including phenoxy) is 2. The van der Waals surface area contributed by atoms with Gasteiger partial charge in [0.25, 0.3) is 0 Å². The van der Waals surface area contributed by atoms with Crippen LogP contribution in [0.4, 0.5) is 0 Å². The molecule has 2 rings (SSSR count). The minimum absolute atomic E-state index is 0.0229. The van der Waals surface area contributed by atoms with E-state index in [1.165, 1.54) is 5.57 Å². The zero-order valence-electron chi connectivity index (χ0n) is 15.7. The number of nitrogens with one attached hydrogen (secondary N) is 2. The molecule has 0 aliphatic carbocycles. The van der Waals surface area contributed by atoms with E-state index in [4.69, 9.17) is 9.47 Å². The van der Waals surface area contributed by atoms with Gasteiger partial charge < -0.3 is 20.1 Å². The minimum atomic E-state index is 0.0229. The molecular weight excluding hydrogens is 314 g/mol. The molecule has 0 saturated carbocycles. The maximum absolute atomic E-state index is 5.99. The summed E-state index contributed by atoms with van der Waals surface area (Å²) in [5.41, 5.74) is 2.61. The van der Waals surface area contributed by atoms with Crippen LogP contribution in [0, 0.1) is 6.92 Å². The predicted octanol–water partition coefficient (Wildman–Crippen LogP) is 3.05. The molecule has 0 aromatic heterocycles. The van der Waals surface area contributed by atoms with E-state index in [-0.39, 0.29) is 6.10 Å². The molecule has 0 saturated heterocycles. The third-order valence-corrected chi connectivity index (χ3v) is 4.07. The molecule has 0 radical (unpaired) electrons. The van der Waals surface area contributed by atoms with Crippen molar-refractivity contribution in [1.82, 2.24) is 10.6 Å². The number of hydrogen-bond donors (Lipinski definition) is 2. The second-order valence-electron chi connectivity index (χ2n) is 6.28. The van der Waals surface area contributed by atoms with E-state index in [2.05, 4.69) is 41.6 Å². The molecule has 1 aromatic rings. The summed E-state index contributed by atoms with van der Waals surface area (Å²) < 4.78 is 11.3. The van der Waals surface area contributed by atoms with E-state index in [1.807, 2.05) is 25.1 Å². The number of guanidine groups is 1. The molecule has 1 aliphatic rings. The van der Waals surface area contributed by atoms with Gasteiger partial charge in [-0.15, -0.1) is 0 Å². The molecule has 1 heterocycles. The van der Waals surface area contributed by atoms with Gasteiger partial charge in [0.15, 0.2) is 5.96 Å². The lowest BCUT2D eigenvalue weighted by molar-refractivity contribution is 0.153. The molecule has 0 bridgehead atoms. The molecule has 0 amide bonds. The van der Waals surface area contributed by atoms with Crippen LogP contribution in [0.5, 0.6) is 5.75 Å². The summed E-state index contributed by atoms with van der Waals surface area (Å²) >= 11 is 0. The average Bonchev–Trinajstić information content (AvgIpc) is 2.62. The van der Waals surface area contributed by atoms with Gasteiger partial charge in [-0.25, -0.2) is 4.99 Å². The molecule has 5 nitrogen and oxygen atoms in total. The number of rotatable bonds is 8. The maximum Gasteiger partial charge on any atom is 0.191 e. The van der Waals surface area contributed by atoms with Gasteiger partial charge in [-0.05, 0) is 45.2 Å². The quantitative estimate of drug-likeness (QED) is 0.432. The molecule has 5 heteroatoms. The van der Waals surface area contributed by atoms with Crippen molar-refractivity contribution in [1.29, 1.82) is 0 Å². The standard InChI is InChI=1S/C20H31N3O2/c1-4-21-20(22-12-9-18-10-13-24-14-11-18)23-15-17(3)25-19-8-6-5-7-16(19)2/h5-8,10,17H,4,9,11-15H2,1-3H3,(H2,21,22,23). The molecule has 0 spiro atoms. The maximum atomic E-state index is 5.99. The third-order valence-electron chi connectivity index (χ3n) is 4.07. The predicted molar refractivity (Wildman–Crippen MR) is 103 cm³/mol. The molecule has 2 N–H and O–H groups in total. The van der Waals surface area contributed by atoms with Crippen LogP contribution in [0.15, 0.2) is 40.9 Å². The first kappa shape index (κ1) is 19.3. The number of aryl methyl sites for hydroxylation is 1. The lowest BCUT2D eigenvalue weighted by Gasteiger charge is -2.17. The fourth-order valence-corrected chi connectivity index (χ4v) is 2.64. The SMILES string of the molecule is CCNC(=NCC(C)Oc1ccccc1C)NCCC1=CCOCC1. The normalized spacial score (nSPS) is 16.1. The van der Waals surface area contributed by atoms with Gasteiger partial charge in [-0.1, -0.05) is 29.8 Å². The Hall–Kier alpha value is -2.01. The number of nitrogens with zero attached hydrogens (tertiary/aromatic N) is 1. The molecule has 138 valence electrons. The summed E-state index contributed by atoms with van der Waals surface area (Å²) in [6.45, 7) is 10.1. The Balaban J connectivity index is 1.79. The first-order chi connectivity index (χ1) is 12.2. The number of hydrogen-bond acceptors (Lipinski definition) is 3. The minimum Gasteiger partial charge on any atom is -0.489 e. The van der Waals surface area contributed by atoms with Gasteiger partial charge in [0, 0.05) is 13.1 Å². The van der Waals surface area contributed by atoms with Crippen molar-refractivity contribution in [2.24, 2.45) is 4.99 Å². The molecular formula is C20H31N3O2. The van der Waals surface area contributed by atoms with E-state index < -0.39 is 0 Å². The van der Waals surface area contributed by atoms with E-state index in [9.17, 15) is 0 Å².